The van der Waals surface area contributed by atoms with E-state index in [1.54, 1.807) is 50.5 Å². The minimum absolute atomic E-state index is 0.0809. The summed E-state index contributed by atoms with van der Waals surface area (Å²) in [6.45, 7) is 5.47. The Hall–Kier alpha value is -3.31. The summed E-state index contributed by atoms with van der Waals surface area (Å²) in [5.74, 6) is 0.0999. The van der Waals surface area contributed by atoms with E-state index in [1.807, 2.05) is 6.92 Å². The van der Waals surface area contributed by atoms with Crippen molar-refractivity contribution in [3.8, 4) is 11.8 Å². The van der Waals surface area contributed by atoms with Gasteiger partial charge in [0, 0.05) is 31.2 Å². The van der Waals surface area contributed by atoms with Crippen LogP contribution in [0.25, 0.3) is 0 Å². The molecule has 1 aliphatic rings. The highest BCUT2D eigenvalue weighted by Crippen LogP contribution is 2.29. The Morgan fingerprint density at radius 2 is 1.97 bits per heavy atom. The molecule has 3 heterocycles. The van der Waals surface area contributed by atoms with Crippen LogP contribution in [-0.2, 0) is 14.8 Å². The van der Waals surface area contributed by atoms with Crippen LogP contribution in [0.2, 0.25) is 0 Å². The van der Waals surface area contributed by atoms with E-state index in [4.69, 9.17) is 9.26 Å². The third kappa shape index (κ3) is 4.88. The van der Waals surface area contributed by atoms with Gasteiger partial charge >= 0.3 is 6.01 Å². The monoisotopic (exact) mass is 471 g/mol. The molecule has 0 unspecified atom stereocenters. The van der Waals surface area contributed by atoms with Crippen molar-refractivity contribution in [1.82, 2.24) is 19.4 Å². The summed E-state index contributed by atoms with van der Waals surface area (Å²) in [5.41, 5.74) is 1.75. The summed E-state index contributed by atoms with van der Waals surface area (Å²) >= 11 is 0. The van der Waals surface area contributed by atoms with Crippen molar-refractivity contribution >= 4 is 21.6 Å². The molecule has 1 amide bonds. The van der Waals surface area contributed by atoms with Crippen LogP contribution in [0.4, 0.5) is 5.69 Å². The first kappa shape index (κ1) is 22.9. The van der Waals surface area contributed by atoms with Gasteiger partial charge in [0.1, 0.15) is 16.3 Å². The van der Waals surface area contributed by atoms with E-state index in [0.29, 0.717) is 36.5 Å². The predicted octanol–water partition coefficient (Wildman–Crippen LogP) is 3.22. The molecule has 1 aliphatic heterocycles. The maximum atomic E-state index is 13.1. The van der Waals surface area contributed by atoms with Gasteiger partial charge in [-0.2, -0.15) is 4.31 Å². The fourth-order valence-electron chi connectivity index (χ4n) is 3.86. The first-order chi connectivity index (χ1) is 15.8. The van der Waals surface area contributed by atoms with E-state index in [1.165, 1.54) is 4.31 Å². The molecule has 3 aromatic rings. The van der Waals surface area contributed by atoms with Gasteiger partial charge in [-0.25, -0.2) is 18.4 Å². The fourth-order valence-corrected chi connectivity index (χ4v) is 5.68. The van der Waals surface area contributed by atoms with Crippen LogP contribution < -0.4 is 10.1 Å². The van der Waals surface area contributed by atoms with Crippen LogP contribution in [0.3, 0.4) is 0 Å². The highest BCUT2D eigenvalue weighted by atomic mass is 32.2. The molecular weight excluding hydrogens is 446 g/mol. The van der Waals surface area contributed by atoms with Crippen molar-refractivity contribution in [2.24, 2.45) is 5.92 Å². The average Bonchev–Trinajstić information content (AvgIpc) is 3.15. The van der Waals surface area contributed by atoms with Crippen LogP contribution in [0.1, 0.15) is 29.9 Å². The molecule has 174 valence electrons. The molecule has 0 bridgehead atoms. The van der Waals surface area contributed by atoms with Gasteiger partial charge < -0.3 is 14.6 Å². The van der Waals surface area contributed by atoms with Crippen LogP contribution in [0.5, 0.6) is 11.8 Å². The Morgan fingerprint density at radius 3 is 2.64 bits per heavy atom. The molecule has 1 saturated heterocycles. The number of hydrogen-bond donors (Lipinski definition) is 1. The largest absolute Gasteiger partial charge is 0.424 e. The number of aromatic nitrogens is 3. The van der Waals surface area contributed by atoms with Gasteiger partial charge in [-0.15, -0.1) is 0 Å². The smallest absolute Gasteiger partial charge is 0.321 e. The van der Waals surface area contributed by atoms with Gasteiger partial charge in [-0.1, -0.05) is 5.16 Å². The molecule has 0 spiro atoms. The number of piperidine rings is 1. The molecule has 4 rings (SSSR count). The fraction of sp³-hybridized carbons (Fsp3) is 0.364. The molecule has 10 nitrogen and oxygen atoms in total. The maximum absolute atomic E-state index is 13.1. The topological polar surface area (TPSA) is 128 Å². The van der Waals surface area contributed by atoms with Crippen LogP contribution in [0, 0.1) is 26.7 Å². The molecule has 2 aromatic heterocycles. The average molecular weight is 472 g/mol. The van der Waals surface area contributed by atoms with Crippen molar-refractivity contribution in [2.75, 3.05) is 18.4 Å². The summed E-state index contributed by atoms with van der Waals surface area (Å²) in [4.78, 5) is 21.1. The molecule has 0 radical (unpaired) electrons. The van der Waals surface area contributed by atoms with Gasteiger partial charge in [0.2, 0.25) is 15.9 Å². The maximum Gasteiger partial charge on any atom is 0.321 e. The molecule has 0 saturated carbocycles. The normalized spacial score (nSPS) is 17.0. The summed E-state index contributed by atoms with van der Waals surface area (Å²) in [5, 5.41) is 6.67. The number of nitrogens with zero attached hydrogens (tertiary/aromatic N) is 4. The lowest BCUT2D eigenvalue weighted by molar-refractivity contribution is -0.120. The third-order valence-electron chi connectivity index (χ3n) is 5.53. The highest BCUT2D eigenvalue weighted by Gasteiger charge is 2.36. The van der Waals surface area contributed by atoms with Crippen LogP contribution >= 0.6 is 0 Å². The Labute approximate surface area is 192 Å². The lowest BCUT2D eigenvalue weighted by atomic mass is 9.98. The quantitative estimate of drug-likeness (QED) is 0.580. The number of carbonyl (C=O) groups is 1. The highest BCUT2D eigenvalue weighted by molar-refractivity contribution is 7.89. The van der Waals surface area contributed by atoms with Gasteiger partial charge in [-0.3, -0.25) is 4.79 Å². The van der Waals surface area contributed by atoms with Crippen molar-refractivity contribution in [2.45, 2.75) is 38.5 Å². The van der Waals surface area contributed by atoms with Gasteiger partial charge in [0.25, 0.3) is 0 Å². The van der Waals surface area contributed by atoms with E-state index in [2.05, 4.69) is 20.4 Å². The van der Waals surface area contributed by atoms with Gasteiger partial charge in [0.15, 0.2) is 5.76 Å². The molecule has 1 aromatic carbocycles. The van der Waals surface area contributed by atoms with E-state index in [-0.39, 0.29) is 29.1 Å². The molecule has 0 aliphatic carbocycles. The minimum Gasteiger partial charge on any atom is -0.424 e. The van der Waals surface area contributed by atoms with Gasteiger partial charge in [0.05, 0.1) is 5.92 Å². The number of anilines is 1. The predicted molar refractivity (Wildman–Crippen MR) is 119 cm³/mol. The van der Waals surface area contributed by atoms with Gasteiger partial charge in [-0.05, 0) is 63.4 Å². The number of benzene rings is 1. The van der Waals surface area contributed by atoms with Crippen molar-refractivity contribution < 1.29 is 22.5 Å². The summed E-state index contributed by atoms with van der Waals surface area (Å²) in [7, 11) is -3.79. The number of carbonyl (C=O) groups excluding carboxylic acids is 1. The number of nitrogens with one attached hydrogen (secondary N) is 1. The Balaban J connectivity index is 1.44. The van der Waals surface area contributed by atoms with E-state index >= 15 is 0 Å². The molecule has 33 heavy (non-hydrogen) atoms. The second-order valence-electron chi connectivity index (χ2n) is 7.95. The number of sulfonamides is 1. The Bertz CT molecular complexity index is 1240. The van der Waals surface area contributed by atoms with Crippen molar-refractivity contribution in [3.05, 3.63) is 53.7 Å². The van der Waals surface area contributed by atoms with E-state index in [9.17, 15) is 13.2 Å². The summed E-state index contributed by atoms with van der Waals surface area (Å²) < 4.78 is 38.3. The molecule has 1 atom stereocenters. The number of hydrogen-bond acceptors (Lipinski definition) is 8. The van der Waals surface area contributed by atoms with E-state index in [0.717, 1.165) is 5.56 Å². The molecule has 11 heteroatoms. The lowest BCUT2D eigenvalue weighted by Crippen LogP contribution is -2.44. The Morgan fingerprint density at radius 1 is 1.21 bits per heavy atom. The summed E-state index contributed by atoms with van der Waals surface area (Å²) in [6.07, 6.45) is 4.36. The number of rotatable bonds is 6. The zero-order valence-electron chi connectivity index (χ0n) is 18.6. The minimum atomic E-state index is -3.79. The van der Waals surface area contributed by atoms with Crippen molar-refractivity contribution in [1.29, 1.82) is 0 Å². The zero-order valence-corrected chi connectivity index (χ0v) is 19.4. The second-order valence-corrected chi connectivity index (χ2v) is 9.83. The first-order valence-electron chi connectivity index (χ1n) is 10.5. The molecule has 1 fully saturated rings. The zero-order chi connectivity index (χ0) is 23.6. The number of amides is 1. The Kier molecular flexibility index (Phi) is 6.43. The molecule has 1 N–H and O–H groups in total. The lowest BCUT2D eigenvalue weighted by Gasteiger charge is -2.31. The van der Waals surface area contributed by atoms with Crippen LogP contribution in [-0.4, -0.2) is 46.8 Å². The first-order valence-corrected chi connectivity index (χ1v) is 12.0. The second kappa shape index (κ2) is 9.28. The third-order valence-corrected chi connectivity index (χ3v) is 7.64. The summed E-state index contributed by atoms with van der Waals surface area (Å²) in [6, 6.07) is 7.17. The van der Waals surface area contributed by atoms with E-state index < -0.39 is 15.9 Å². The van der Waals surface area contributed by atoms with Crippen molar-refractivity contribution in [3.63, 3.8) is 0 Å². The van der Waals surface area contributed by atoms with Crippen LogP contribution in [0.15, 0.2) is 46.1 Å². The SMILES string of the molecule is Cc1cc(Oc2ncccn2)ccc1NC(=O)[C@@H]1CCCN(S(=O)(=O)c2c(C)noc2C)C1. The molecular formula is C22H25N5O5S. The number of aryl methyl sites for hydroxylation is 3. The standard InChI is InChI=1S/C22H25N5O5S/c1-14-12-18(31-22-23-9-5-10-24-22)7-8-19(14)25-21(28)17-6-4-11-27(13-17)33(29,30)20-15(2)26-32-16(20)3/h5,7-10,12,17H,4,6,11,13H2,1-3H3,(H,25,28)/t17-/m1/s1. The number of ether oxygens (including phenoxy) is 1.